The standard InChI is InChI=1S/C22H34N4O3/c1-16-4-6-19(17(2)14-16)23-22(29)26-9-8-20(18(15-26)5-7-21(27)28)25-12-10-24(3)11-13-25/h4,6,14,18,20H,5,7-13,15H2,1-3H3,(H,23,29)(H,27,28)/t18-,20+/m0/s1. The summed E-state index contributed by atoms with van der Waals surface area (Å²) in [5.74, 6) is -0.577. The largest absolute Gasteiger partial charge is 0.481 e. The zero-order valence-electron chi connectivity index (χ0n) is 17.9. The molecule has 1 aromatic rings. The fourth-order valence-electron chi connectivity index (χ4n) is 4.58. The quantitative estimate of drug-likeness (QED) is 0.792. The van der Waals surface area contributed by atoms with Gasteiger partial charge >= 0.3 is 12.0 Å². The van der Waals surface area contributed by atoms with Gasteiger partial charge in [-0.15, -0.1) is 0 Å². The van der Waals surface area contributed by atoms with Crippen molar-refractivity contribution in [2.24, 2.45) is 5.92 Å². The first-order valence-corrected chi connectivity index (χ1v) is 10.6. The third-order valence-corrected chi connectivity index (χ3v) is 6.34. The first-order valence-electron chi connectivity index (χ1n) is 10.6. The number of anilines is 1. The van der Waals surface area contributed by atoms with Crippen LogP contribution in [0.3, 0.4) is 0 Å². The van der Waals surface area contributed by atoms with Crippen molar-refractivity contribution < 1.29 is 14.7 Å². The van der Waals surface area contributed by atoms with Gasteiger partial charge in [-0.25, -0.2) is 4.79 Å². The maximum atomic E-state index is 12.9. The number of piperidine rings is 1. The summed E-state index contributed by atoms with van der Waals surface area (Å²) in [5, 5.41) is 12.2. The number of hydrogen-bond donors (Lipinski definition) is 2. The Hall–Kier alpha value is -2.12. The summed E-state index contributed by atoms with van der Waals surface area (Å²) >= 11 is 0. The van der Waals surface area contributed by atoms with Crippen molar-refractivity contribution in [2.75, 3.05) is 51.6 Å². The summed E-state index contributed by atoms with van der Waals surface area (Å²) in [6, 6.07) is 6.27. The number of nitrogens with one attached hydrogen (secondary N) is 1. The van der Waals surface area contributed by atoms with E-state index in [0.717, 1.165) is 43.9 Å². The molecule has 2 saturated heterocycles. The molecule has 2 atom stereocenters. The van der Waals surface area contributed by atoms with E-state index in [1.54, 1.807) is 0 Å². The number of aryl methyl sites for hydroxylation is 2. The number of likely N-dealkylation sites (N-methyl/N-ethyl adjacent to an activating group) is 1. The highest BCUT2D eigenvalue weighted by atomic mass is 16.4. The zero-order chi connectivity index (χ0) is 21.0. The molecule has 0 saturated carbocycles. The molecule has 2 aliphatic rings. The van der Waals surface area contributed by atoms with Crippen molar-refractivity contribution in [3.63, 3.8) is 0 Å². The van der Waals surface area contributed by atoms with Crippen molar-refractivity contribution in [1.29, 1.82) is 0 Å². The lowest BCUT2D eigenvalue weighted by molar-refractivity contribution is -0.137. The van der Waals surface area contributed by atoms with Gasteiger partial charge in [-0.05, 0) is 51.3 Å². The summed E-state index contributed by atoms with van der Waals surface area (Å²) < 4.78 is 0. The van der Waals surface area contributed by atoms with E-state index >= 15 is 0 Å². The number of aliphatic carboxylic acids is 1. The molecular weight excluding hydrogens is 368 g/mol. The number of carboxylic acids is 1. The van der Waals surface area contributed by atoms with Crippen LogP contribution in [0.15, 0.2) is 18.2 Å². The van der Waals surface area contributed by atoms with E-state index in [2.05, 4.69) is 28.2 Å². The van der Waals surface area contributed by atoms with Crippen LogP contribution in [-0.2, 0) is 4.79 Å². The molecule has 160 valence electrons. The van der Waals surface area contributed by atoms with Crippen molar-refractivity contribution in [3.05, 3.63) is 29.3 Å². The molecule has 0 aliphatic carbocycles. The van der Waals surface area contributed by atoms with Crippen molar-refractivity contribution in [3.8, 4) is 0 Å². The molecule has 0 bridgehead atoms. The number of carboxylic acid groups (broad SMARTS) is 1. The summed E-state index contributed by atoms with van der Waals surface area (Å²) in [5.41, 5.74) is 3.05. The molecule has 7 heteroatoms. The number of likely N-dealkylation sites (tertiary alicyclic amines) is 1. The smallest absolute Gasteiger partial charge is 0.321 e. The highest BCUT2D eigenvalue weighted by Crippen LogP contribution is 2.28. The van der Waals surface area contributed by atoms with Crippen LogP contribution in [0.2, 0.25) is 0 Å². The fourth-order valence-corrected chi connectivity index (χ4v) is 4.58. The Balaban J connectivity index is 1.65. The minimum absolute atomic E-state index is 0.0888. The van der Waals surface area contributed by atoms with Crippen LogP contribution in [0.4, 0.5) is 10.5 Å². The second kappa shape index (κ2) is 9.59. The average Bonchev–Trinajstić information content (AvgIpc) is 2.69. The highest BCUT2D eigenvalue weighted by Gasteiger charge is 2.36. The van der Waals surface area contributed by atoms with Crippen molar-refractivity contribution in [2.45, 2.75) is 39.2 Å². The van der Waals surface area contributed by atoms with E-state index in [1.807, 2.05) is 30.9 Å². The lowest BCUT2D eigenvalue weighted by Gasteiger charge is -2.46. The number of carbonyl (C=O) groups is 2. The van der Waals surface area contributed by atoms with E-state index in [4.69, 9.17) is 0 Å². The monoisotopic (exact) mass is 402 g/mol. The maximum absolute atomic E-state index is 12.9. The average molecular weight is 403 g/mol. The topological polar surface area (TPSA) is 76.1 Å². The lowest BCUT2D eigenvalue weighted by Crippen LogP contribution is -2.57. The van der Waals surface area contributed by atoms with Crippen LogP contribution < -0.4 is 5.32 Å². The van der Waals surface area contributed by atoms with Crippen molar-refractivity contribution >= 4 is 17.7 Å². The zero-order valence-corrected chi connectivity index (χ0v) is 17.9. The van der Waals surface area contributed by atoms with Gasteiger partial charge in [-0.1, -0.05) is 17.7 Å². The maximum Gasteiger partial charge on any atom is 0.321 e. The second-order valence-electron chi connectivity index (χ2n) is 8.58. The third-order valence-electron chi connectivity index (χ3n) is 6.34. The van der Waals surface area contributed by atoms with Gasteiger partial charge in [0, 0.05) is 57.4 Å². The van der Waals surface area contributed by atoms with E-state index in [9.17, 15) is 14.7 Å². The Kier molecular flexibility index (Phi) is 7.14. The van der Waals surface area contributed by atoms with Crippen LogP contribution in [0.5, 0.6) is 0 Å². The number of benzene rings is 1. The number of urea groups is 1. The van der Waals surface area contributed by atoms with E-state index in [0.29, 0.717) is 25.6 Å². The molecule has 0 spiro atoms. The number of carbonyl (C=O) groups excluding carboxylic acids is 1. The Morgan fingerprint density at radius 2 is 1.86 bits per heavy atom. The summed E-state index contributed by atoms with van der Waals surface area (Å²) in [6.45, 7) is 9.46. The van der Waals surface area contributed by atoms with Gasteiger partial charge in [-0.2, -0.15) is 0 Å². The first kappa shape index (κ1) is 21.6. The molecule has 2 aliphatic heterocycles. The van der Waals surface area contributed by atoms with E-state index in [1.165, 1.54) is 5.56 Å². The van der Waals surface area contributed by atoms with Gasteiger partial charge in [0.05, 0.1) is 0 Å². The third kappa shape index (κ3) is 5.70. The molecule has 2 fully saturated rings. The predicted octanol–water partition coefficient (Wildman–Crippen LogP) is 2.64. The van der Waals surface area contributed by atoms with E-state index < -0.39 is 5.97 Å². The normalized spacial score (nSPS) is 23.8. The van der Waals surface area contributed by atoms with Crippen LogP contribution in [-0.4, -0.2) is 84.2 Å². The fraction of sp³-hybridized carbons (Fsp3) is 0.636. The summed E-state index contributed by atoms with van der Waals surface area (Å²) in [7, 11) is 2.14. The Labute approximate surface area is 173 Å². The minimum atomic E-state index is -0.765. The molecular formula is C22H34N4O3. The van der Waals surface area contributed by atoms with Crippen LogP contribution >= 0.6 is 0 Å². The lowest BCUT2D eigenvalue weighted by atomic mass is 9.86. The number of hydrogen-bond acceptors (Lipinski definition) is 4. The molecule has 2 heterocycles. The minimum Gasteiger partial charge on any atom is -0.481 e. The van der Waals surface area contributed by atoms with Gasteiger partial charge < -0.3 is 20.2 Å². The van der Waals surface area contributed by atoms with Crippen LogP contribution in [0.25, 0.3) is 0 Å². The summed E-state index contributed by atoms with van der Waals surface area (Å²) in [4.78, 5) is 30.8. The van der Waals surface area contributed by atoms with Gasteiger partial charge in [0.2, 0.25) is 0 Å². The number of nitrogens with zero attached hydrogens (tertiary/aromatic N) is 3. The molecule has 0 radical (unpaired) electrons. The molecule has 0 aromatic heterocycles. The van der Waals surface area contributed by atoms with Gasteiger partial charge in [0.15, 0.2) is 0 Å². The second-order valence-corrected chi connectivity index (χ2v) is 8.58. The van der Waals surface area contributed by atoms with Crippen LogP contribution in [0, 0.1) is 19.8 Å². The van der Waals surface area contributed by atoms with Gasteiger partial charge in [0.1, 0.15) is 0 Å². The molecule has 2 amide bonds. The number of amides is 2. The molecule has 7 nitrogen and oxygen atoms in total. The van der Waals surface area contributed by atoms with Gasteiger partial charge in [-0.3, -0.25) is 9.69 Å². The van der Waals surface area contributed by atoms with E-state index in [-0.39, 0.29) is 18.4 Å². The highest BCUT2D eigenvalue weighted by molar-refractivity contribution is 5.90. The predicted molar refractivity (Wildman–Crippen MR) is 114 cm³/mol. The Morgan fingerprint density at radius 3 is 2.52 bits per heavy atom. The molecule has 2 N–H and O–H groups in total. The van der Waals surface area contributed by atoms with Crippen molar-refractivity contribution in [1.82, 2.24) is 14.7 Å². The van der Waals surface area contributed by atoms with Crippen LogP contribution in [0.1, 0.15) is 30.4 Å². The molecule has 0 unspecified atom stereocenters. The molecule has 29 heavy (non-hydrogen) atoms. The van der Waals surface area contributed by atoms with Gasteiger partial charge in [0.25, 0.3) is 0 Å². The molecule has 1 aromatic carbocycles. The first-order chi connectivity index (χ1) is 13.8. The number of piperazine rings is 1. The Morgan fingerprint density at radius 1 is 1.14 bits per heavy atom. The summed E-state index contributed by atoms with van der Waals surface area (Å²) in [6.07, 6.45) is 1.66. The SMILES string of the molecule is Cc1ccc(NC(=O)N2CC[C@@H](N3CCN(C)CC3)[C@@H](CCC(=O)O)C2)c(C)c1. The Bertz CT molecular complexity index is 731. The molecule has 3 rings (SSSR count). The number of rotatable bonds is 5.